The Labute approximate surface area is 97.9 Å². The summed E-state index contributed by atoms with van der Waals surface area (Å²) in [6.45, 7) is 0. The van der Waals surface area contributed by atoms with Crippen LogP contribution in [0.3, 0.4) is 0 Å². The number of rotatable bonds is 3. The number of hydrogen-bond acceptors (Lipinski definition) is 5. The molecule has 0 bridgehead atoms. The fourth-order valence-corrected chi connectivity index (χ4v) is 3.22. The van der Waals surface area contributed by atoms with Crippen LogP contribution in [0.4, 0.5) is 0 Å². The Balaban J connectivity index is 0. The van der Waals surface area contributed by atoms with Crippen LogP contribution in [0.1, 0.15) is 0 Å². The molecule has 0 aromatic heterocycles. The second kappa shape index (κ2) is 6.85. The van der Waals surface area contributed by atoms with Gasteiger partial charge >= 0.3 is 0 Å². The quantitative estimate of drug-likeness (QED) is 0.533. The highest BCUT2D eigenvalue weighted by Crippen LogP contribution is 2.50. The van der Waals surface area contributed by atoms with Gasteiger partial charge in [0.1, 0.15) is 0 Å². The van der Waals surface area contributed by atoms with Crippen molar-refractivity contribution in [1.29, 1.82) is 0 Å². The van der Waals surface area contributed by atoms with Crippen LogP contribution >= 0.6 is 7.59 Å². The van der Waals surface area contributed by atoms with Gasteiger partial charge in [-0.25, -0.2) is 14.0 Å². The van der Waals surface area contributed by atoms with Crippen molar-refractivity contribution in [3.8, 4) is 0 Å². The molecule has 0 heterocycles. The van der Waals surface area contributed by atoms with Crippen LogP contribution < -0.4 is 14.0 Å². The molecule has 100 valence electrons. The van der Waals surface area contributed by atoms with Gasteiger partial charge in [-0.3, -0.25) is 4.57 Å². The molecule has 1 N–H and O–H groups in total. The van der Waals surface area contributed by atoms with Gasteiger partial charge in [0.2, 0.25) is 0 Å². The van der Waals surface area contributed by atoms with Gasteiger partial charge in [0.05, 0.1) is 14.9 Å². The molecule has 10 heteroatoms. The third-order valence-electron chi connectivity index (χ3n) is 1.56. The molecule has 0 rings (SSSR count). The van der Waals surface area contributed by atoms with E-state index in [9.17, 15) is 4.57 Å². The van der Waals surface area contributed by atoms with E-state index in [0.29, 0.717) is 0 Å². The molecule has 0 saturated carbocycles. The second-order valence-electron chi connectivity index (χ2n) is 3.45. The van der Waals surface area contributed by atoms with Gasteiger partial charge in [0.25, 0.3) is 7.59 Å². The van der Waals surface area contributed by atoms with Crippen LogP contribution in [-0.4, -0.2) is 61.0 Å². The summed E-state index contributed by atoms with van der Waals surface area (Å²) in [5.74, 6) is 0. The highest BCUT2D eigenvalue weighted by atomic mass is 35.7. The Morgan fingerprint density at radius 1 is 0.875 bits per heavy atom. The van der Waals surface area contributed by atoms with Gasteiger partial charge in [0.15, 0.2) is 0 Å². The second-order valence-corrected chi connectivity index (χ2v) is 7.67. The van der Waals surface area contributed by atoms with Crippen LogP contribution in [0.5, 0.6) is 0 Å². The van der Waals surface area contributed by atoms with Crippen molar-refractivity contribution in [3.63, 3.8) is 0 Å². The Morgan fingerprint density at radius 2 is 1.00 bits per heavy atom. The molecule has 0 unspecified atom stereocenters. The first-order chi connectivity index (χ1) is 6.83. The summed E-state index contributed by atoms with van der Waals surface area (Å²) in [6, 6.07) is 0. The zero-order chi connectivity index (χ0) is 13.7. The standard InChI is InChI=1S/C6H18N3OP.ClHO4/c1-7(2)11(10,8(3)4)9(5)6;2-1(3,4)5/h1-6H3;(H,2,3,4,5). The molecule has 0 aliphatic carbocycles. The molecule has 0 saturated heterocycles. The third kappa shape index (κ3) is 7.50. The predicted octanol–water partition coefficient (Wildman–Crippen LogP) is -3.34. The summed E-state index contributed by atoms with van der Waals surface area (Å²) in [4.78, 5) is 0. The smallest absolute Gasteiger partial charge is 0.270 e. The van der Waals surface area contributed by atoms with Gasteiger partial charge in [-0.1, -0.05) is 0 Å². The van der Waals surface area contributed by atoms with Crippen LogP contribution in [0, 0.1) is 10.2 Å². The SMILES string of the molecule is CN(C)P(=O)(N(C)C)N(C)C.[O-][Cl+3]([O-])([O-])O. The first-order valence-corrected chi connectivity index (χ1v) is 6.93. The van der Waals surface area contributed by atoms with Gasteiger partial charge in [-0.15, -0.1) is 0 Å². The van der Waals surface area contributed by atoms with Gasteiger partial charge in [-0.05, 0) is 42.3 Å². The van der Waals surface area contributed by atoms with Crippen molar-refractivity contribution < 1.29 is 33.4 Å². The summed E-state index contributed by atoms with van der Waals surface area (Å²) in [7, 11) is 3.79. The van der Waals surface area contributed by atoms with E-state index in [1.54, 1.807) is 14.0 Å². The molecule has 8 nitrogen and oxygen atoms in total. The lowest BCUT2D eigenvalue weighted by atomic mass is 11.2. The minimum atomic E-state index is -4.69. The Hall–Kier alpha value is 0.240. The van der Waals surface area contributed by atoms with Gasteiger partial charge in [0, 0.05) is 0 Å². The van der Waals surface area contributed by atoms with E-state index >= 15 is 0 Å². The summed E-state index contributed by atoms with van der Waals surface area (Å²) < 4.78 is 50.0. The van der Waals surface area contributed by atoms with Crippen LogP contribution in [0.25, 0.3) is 0 Å². The summed E-state index contributed by atoms with van der Waals surface area (Å²) in [5.41, 5.74) is 0. The Kier molecular flexibility index (Phi) is 7.96. The Bertz CT molecular complexity index is 208. The van der Waals surface area contributed by atoms with Crippen molar-refractivity contribution in [2.75, 3.05) is 42.3 Å². The topological polar surface area (TPSA) is 116 Å². The molecule has 0 radical (unpaired) electrons. The van der Waals surface area contributed by atoms with Crippen molar-refractivity contribution in [1.82, 2.24) is 14.0 Å². The number of halogens is 1. The van der Waals surface area contributed by atoms with E-state index in [1.165, 1.54) is 0 Å². The molecular formula is C6H19ClN3O5P. The highest BCUT2D eigenvalue weighted by molar-refractivity contribution is 7.56. The predicted molar refractivity (Wildman–Crippen MR) is 50.9 cm³/mol. The molecule has 0 aliphatic heterocycles. The van der Waals surface area contributed by atoms with E-state index in [1.807, 2.05) is 42.3 Å². The first kappa shape index (κ1) is 18.6. The van der Waals surface area contributed by atoms with Gasteiger partial charge < -0.3 is 0 Å². The summed E-state index contributed by atoms with van der Waals surface area (Å²) in [5, 5.41) is 0. The van der Waals surface area contributed by atoms with Crippen LogP contribution in [0.15, 0.2) is 0 Å². The zero-order valence-corrected chi connectivity index (χ0v) is 11.9. The van der Waals surface area contributed by atoms with Crippen molar-refractivity contribution in [2.45, 2.75) is 0 Å². The van der Waals surface area contributed by atoms with E-state index in [-0.39, 0.29) is 0 Å². The van der Waals surface area contributed by atoms with E-state index in [2.05, 4.69) is 0 Å². The fraction of sp³-hybridized carbons (Fsp3) is 1.00. The zero-order valence-electron chi connectivity index (χ0n) is 10.2. The van der Waals surface area contributed by atoms with E-state index in [4.69, 9.17) is 18.6 Å². The van der Waals surface area contributed by atoms with E-state index in [0.717, 1.165) is 0 Å². The molecule has 0 aromatic rings. The fourth-order valence-electron chi connectivity index (χ4n) is 1.07. The lowest BCUT2D eigenvalue weighted by Crippen LogP contribution is -2.58. The lowest BCUT2D eigenvalue weighted by Gasteiger charge is -2.34. The van der Waals surface area contributed by atoms with Crippen molar-refractivity contribution >= 4 is 7.59 Å². The number of hydrogen-bond donors (Lipinski definition) is 1. The summed E-state index contributed by atoms with van der Waals surface area (Å²) in [6.07, 6.45) is 0. The van der Waals surface area contributed by atoms with E-state index < -0.39 is 17.8 Å². The molecule has 0 fully saturated rings. The molecule has 0 spiro atoms. The molecule has 0 aliphatic rings. The number of nitrogens with zero attached hydrogens (tertiary/aromatic N) is 3. The third-order valence-corrected chi connectivity index (χ3v) is 4.69. The summed E-state index contributed by atoms with van der Waals surface area (Å²) >= 11 is 0. The average Bonchev–Trinajstić information content (AvgIpc) is 1.98. The normalized spacial score (nSPS) is 13.1. The van der Waals surface area contributed by atoms with Crippen molar-refractivity contribution in [3.05, 3.63) is 0 Å². The Morgan fingerprint density at radius 3 is 1.00 bits per heavy atom. The first-order valence-electron chi connectivity index (χ1n) is 4.10. The maximum absolute atomic E-state index is 12.1. The molecular weight excluding hydrogens is 261 g/mol. The molecule has 0 amide bonds. The minimum Gasteiger partial charge on any atom is -0.270 e. The maximum Gasteiger partial charge on any atom is 0.285 e. The minimum absolute atomic E-state index is 1.74. The highest BCUT2D eigenvalue weighted by Gasteiger charge is 2.30. The molecule has 16 heavy (non-hydrogen) atoms. The van der Waals surface area contributed by atoms with Crippen molar-refractivity contribution in [2.24, 2.45) is 0 Å². The lowest BCUT2D eigenvalue weighted by molar-refractivity contribution is -1.92. The largest absolute Gasteiger partial charge is 0.285 e. The van der Waals surface area contributed by atoms with Gasteiger partial charge in [-0.2, -0.15) is 14.0 Å². The van der Waals surface area contributed by atoms with Crippen LogP contribution in [0.2, 0.25) is 0 Å². The average molecular weight is 280 g/mol. The maximum atomic E-state index is 12.1. The molecule has 0 atom stereocenters. The van der Waals surface area contributed by atoms with Crippen LogP contribution in [-0.2, 0) is 4.57 Å². The molecule has 0 aromatic carbocycles. The monoisotopic (exact) mass is 279 g/mol.